The van der Waals surface area contributed by atoms with E-state index < -0.39 is 0 Å². The fraction of sp³-hybridized carbons (Fsp3) is 0.150. The first-order chi connectivity index (χ1) is 13.0. The summed E-state index contributed by atoms with van der Waals surface area (Å²) in [6.07, 6.45) is 1.54. The van der Waals surface area contributed by atoms with Crippen molar-refractivity contribution < 1.29 is 8.81 Å². The van der Waals surface area contributed by atoms with Crippen LogP contribution in [0.25, 0.3) is 22.4 Å². The van der Waals surface area contributed by atoms with Crippen molar-refractivity contribution in [2.24, 2.45) is 7.05 Å². The summed E-state index contributed by atoms with van der Waals surface area (Å²) in [6, 6.07) is 11.7. The number of aromatic nitrogens is 3. The normalized spacial score (nSPS) is 11.2. The first kappa shape index (κ1) is 17.5. The number of fused-ring (bicyclic) bond motifs is 1. The van der Waals surface area contributed by atoms with Crippen LogP contribution in [-0.2, 0) is 12.8 Å². The number of nitrogens with zero attached hydrogens (tertiary/aromatic N) is 3. The number of halogens is 1. The van der Waals surface area contributed by atoms with Gasteiger partial charge in [-0.25, -0.2) is 14.4 Å². The van der Waals surface area contributed by atoms with Crippen molar-refractivity contribution in [2.45, 2.75) is 17.8 Å². The van der Waals surface area contributed by atoms with E-state index in [0.717, 1.165) is 5.56 Å². The average Bonchev–Trinajstić information content (AvgIpc) is 3.13. The van der Waals surface area contributed by atoms with Gasteiger partial charge in [0.15, 0.2) is 5.16 Å². The molecule has 5 nitrogen and oxygen atoms in total. The Morgan fingerprint density at radius 3 is 2.85 bits per heavy atom. The third kappa shape index (κ3) is 3.50. The van der Waals surface area contributed by atoms with Gasteiger partial charge in [0, 0.05) is 18.4 Å². The molecule has 2 heterocycles. The smallest absolute Gasteiger partial charge is 0.261 e. The van der Waals surface area contributed by atoms with Crippen LogP contribution in [0.5, 0.6) is 0 Å². The van der Waals surface area contributed by atoms with Crippen LogP contribution in [0.15, 0.2) is 63.1 Å². The molecule has 0 amide bonds. The molecule has 0 aliphatic rings. The molecule has 7 heteroatoms. The van der Waals surface area contributed by atoms with Gasteiger partial charge < -0.3 is 4.42 Å². The Bertz CT molecular complexity index is 1200. The Morgan fingerprint density at radius 2 is 2.04 bits per heavy atom. The van der Waals surface area contributed by atoms with Gasteiger partial charge in [-0.1, -0.05) is 29.5 Å². The zero-order chi connectivity index (χ0) is 19.0. The highest BCUT2D eigenvalue weighted by molar-refractivity contribution is 7.98. The summed E-state index contributed by atoms with van der Waals surface area (Å²) >= 11 is 1.40. The van der Waals surface area contributed by atoms with Crippen LogP contribution >= 0.6 is 11.8 Å². The number of hydrogen-bond acceptors (Lipinski definition) is 5. The van der Waals surface area contributed by atoms with Gasteiger partial charge in [-0.05, 0) is 37.3 Å². The van der Waals surface area contributed by atoms with Crippen molar-refractivity contribution in [1.29, 1.82) is 0 Å². The van der Waals surface area contributed by atoms with Gasteiger partial charge in [-0.3, -0.25) is 9.36 Å². The standard InChI is InChI=1S/C20H16FN3O2S/c1-12-6-7-17-16(8-12)19(25)24(2)20(23-17)27-11-15-10-26-18(22-15)13-4-3-5-14(21)9-13/h3-10H,11H2,1-2H3. The zero-order valence-electron chi connectivity index (χ0n) is 14.8. The van der Waals surface area contributed by atoms with Gasteiger partial charge in [0.2, 0.25) is 5.89 Å². The number of aryl methyl sites for hydroxylation is 1. The molecule has 27 heavy (non-hydrogen) atoms. The summed E-state index contributed by atoms with van der Waals surface area (Å²) in [5, 5.41) is 1.21. The van der Waals surface area contributed by atoms with Crippen molar-refractivity contribution in [3.8, 4) is 11.5 Å². The third-order valence-electron chi connectivity index (χ3n) is 4.16. The van der Waals surface area contributed by atoms with E-state index >= 15 is 0 Å². The van der Waals surface area contributed by atoms with E-state index in [2.05, 4.69) is 9.97 Å². The summed E-state index contributed by atoms with van der Waals surface area (Å²) < 4.78 is 20.3. The lowest BCUT2D eigenvalue weighted by molar-refractivity contribution is 0.571. The highest BCUT2D eigenvalue weighted by Crippen LogP contribution is 2.24. The molecule has 2 aromatic heterocycles. The molecule has 0 spiro atoms. The summed E-state index contributed by atoms with van der Waals surface area (Å²) in [7, 11) is 1.71. The van der Waals surface area contributed by atoms with E-state index in [-0.39, 0.29) is 11.4 Å². The predicted molar refractivity (Wildman–Crippen MR) is 103 cm³/mol. The van der Waals surface area contributed by atoms with Crippen molar-refractivity contribution in [1.82, 2.24) is 14.5 Å². The maximum atomic E-state index is 13.3. The van der Waals surface area contributed by atoms with Gasteiger partial charge in [0.1, 0.15) is 12.1 Å². The molecule has 0 radical (unpaired) electrons. The van der Waals surface area contributed by atoms with Crippen molar-refractivity contribution in [2.75, 3.05) is 0 Å². The van der Waals surface area contributed by atoms with Gasteiger partial charge in [-0.15, -0.1) is 0 Å². The molecule has 2 aromatic carbocycles. The molecule has 136 valence electrons. The number of thioether (sulfide) groups is 1. The minimum absolute atomic E-state index is 0.0770. The Balaban J connectivity index is 1.58. The zero-order valence-corrected chi connectivity index (χ0v) is 15.6. The number of rotatable bonds is 4. The van der Waals surface area contributed by atoms with E-state index in [1.165, 1.54) is 30.2 Å². The monoisotopic (exact) mass is 381 g/mol. The van der Waals surface area contributed by atoms with E-state index in [1.54, 1.807) is 23.7 Å². The fourth-order valence-electron chi connectivity index (χ4n) is 2.76. The van der Waals surface area contributed by atoms with Crippen molar-refractivity contribution >= 4 is 22.7 Å². The van der Waals surface area contributed by atoms with Crippen LogP contribution in [0.3, 0.4) is 0 Å². The number of hydrogen-bond donors (Lipinski definition) is 0. The van der Waals surface area contributed by atoms with Crippen LogP contribution in [0.1, 0.15) is 11.3 Å². The van der Waals surface area contributed by atoms with Crippen LogP contribution in [0, 0.1) is 12.7 Å². The fourth-order valence-corrected chi connectivity index (χ4v) is 3.61. The molecular weight excluding hydrogens is 365 g/mol. The summed E-state index contributed by atoms with van der Waals surface area (Å²) in [5.74, 6) is 0.504. The molecule has 0 bridgehead atoms. The predicted octanol–water partition coefficient (Wildman–Crippen LogP) is 4.33. The Kier molecular flexibility index (Phi) is 4.53. The lowest BCUT2D eigenvalue weighted by Crippen LogP contribution is -2.20. The van der Waals surface area contributed by atoms with Crippen LogP contribution in [0.2, 0.25) is 0 Å². The second-order valence-corrected chi connectivity index (χ2v) is 7.16. The molecule has 0 saturated heterocycles. The quantitative estimate of drug-likeness (QED) is 0.389. The van der Waals surface area contributed by atoms with Crippen LogP contribution < -0.4 is 5.56 Å². The van der Waals surface area contributed by atoms with Crippen LogP contribution in [-0.4, -0.2) is 14.5 Å². The van der Waals surface area contributed by atoms with Gasteiger partial charge in [0.25, 0.3) is 5.56 Å². The van der Waals surface area contributed by atoms with Gasteiger partial charge >= 0.3 is 0 Å². The lowest BCUT2D eigenvalue weighted by atomic mass is 10.2. The van der Waals surface area contributed by atoms with E-state index in [4.69, 9.17) is 4.42 Å². The summed E-state index contributed by atoms with van der Waals surface area (Å²) in [6.45, 7) is 1.95. The van der Waals surface area contributed by atoms with E-state index in [1.807, 2.05) is 25.1 Å². The maximum absolute atomic E-state index is 13.3. The summed E-state index contributed by atoms with van der Waals surface area (Å²) in [4.78, 5) is 21.6. The Morgan fingerprint density at radius 1 is 1.19 bits per heavy atom. The first-order valence-electron chi connectivity index (χ1n) is 8.32. The first-order valence-corrected chi connectivity index (χ1v) is 9.30. The molecular formula is C20H16FN3O2S. The topological polar surface area (TPSA) is 60.9 Å². The number of oxazole rings is 1. The third-order valence-corrected chi connectivity index (χ3v) is 5.23. The largest absolute Gasteiger partial charge is 0.444 e. The average molecular weight is 381 g/mol. The summed E-state index contributed by atoms with van der Waals surface area (Å²) in [5.41, 5.74) is 2.89. The van der Waals surface area contributed by atoms with E-state index in [9.17, 15) is 9.18 Å². The Hall–Kier alpha value is -2.93. The second-order valence-electron chi connectivity index (χ2n) is 6.22. The highest BCUT2D eigenvalue weighted by Gasteiger charge is 2.12. The highest BCUT2D eigenvalue weighted by atomic mass is 32.2. The van der Waals surface area contributed by atoms with E-state index in [0.29, 0.717) is 39.0 Å². The van der Waals surface area contributed by atoms with Crippen molar-refractivity contribution in [3.05, 3.63) is 76.2 Å². The SMILES string of the molecule is Cc1ccc2nc(SCc3coc(-c4cccc(F)c4)n3)n(C)c(=O)c2c1. The molecule has 0 N–H and O–H groups in total. The Labute approximate surface area is 158 Å². The molecule has 0 atom stereocenters. The maximum Gasteiger partial charge on any atom is 0.261 e. The van der Waals surface area contributed by atoms with Crippen molar-refractivity contribution in [3.63, 3.8) is 0 Å². The molecule has 0 fully saturated rings. The molecule has 0 unspecified atom stereocenters. The molecule has 4 rings (SSSR count). The second kappa shape index (κ2) is 7.00. The van der Waals surface area contributed by atoms with Gasteiger partial charge in [0.05, 0.1) is 16.6 Å². The minimum Gasteiger partial charge on any atom is -0.444 e. The number of benzene rings is 2. The molecule has 0 aliphatic heterocycles. The minimum atomic E-state index is -0.341. The molecule has 0 aliphatic carbocycles. The van der Waals surface area contributed by atoms with Gasteiger partial charge in [-0.2, -0.15) is 0 Å². The van der Waals surface area contributed by atoms with Crippen LogP contribution in [0.4, 0.5) is 4.39 Å². The molecule has 0 saturated carbocycles. The molecule has 4 aromatic rings. The lowest BCUT2D eigenvalue weighted by Gasteiger charge is -2.08.